The van der Waals surface area contributed by atoms with Gasteiger partial charge in [-0.25, -0.2) is 28.1 Å². The van der Waals surface area contributed by atoms with Crippen molar-refractivity contribution < 1.29 is 17.9 Å². The monoisotopic (exact) mass is 480 g/mol. The van der Waals surface area contributed by atoms with E-state index in [-0.39, 0.29) is 17.3 Å². The topological polar surface area (TPSA) is 82.5 Å². The van der Waals surface area contributed by atoms with E-state index in [1.807, 2.05) is 6.07 Å². The molecule has 0 amide bonds. The molecule has 4 heterocycles. The minimum Gasteiger partial charge on any atom is -0.437 e. The van der Waals surface area contributed by atoms with Gasteiger partial charge in [0.2, 0.25) is 5.88 Å². The number of aromatic nitrogens is 4. The summed E-state index contributed by atoms with van der Waals surface area (Å²) in [5.74, 6) is -0.570. The van der Waals surface area contributed by atoms with Gasteiger partial charge in [0, 0.05) is 5.56 Å². The molecule has 0 bridgehead atoms. The first kappa shape index (κ1) is 20.5. The highest BCUT2D eigenvalue weighted by molar-refractivity contribution is 5.86. The Bertz CT molecular complexity index is 1860. The molecule has 3 aromatic carbocycles. The SMILES string of the molecule is O=c1oc2ccccc2c2c1C(c1ccc(F)cc1)c1c(ncn3nc(-c4ccc(F)cc4)nc13)O2. The Kier molecular flexibility index (Phi) is 4.28. The van der Waals surface area contributed by atoms with E-state index in [1.54, 1.807) is 42.5 Å². The van der Waals surface area contributed by atoms with E-state index in [9.17, 15) is 13.6 Å². The van der Waals surface area contributed by atoms with Gasteiger partial charge in [-0.15, -0.1) is 5.10 Å². The fourth-order valence-electron chi connectivity index (χ4n) is 4.64. The molecule has 0 aliphatic carbocycles. The first-order valence-corrected chi connectivity index (χ1v) is 11.1. The average Bonchev–Trinajstić information content (AvgIpc) is 3.33. The van der Waals surface area contributed by atoms with E-state index in [0.717, 1.165) is 0 Å². The van der Waals surface area contributed by atoms with Gasteiger partial charge in [-0.05, 0) is 54.1 Å². The standard InChI is InChI=1S/C27H14F2N4O3/c28-16-9-5-14(6-10-16)20-21-23(18-3-1-2-4-19(18)35-27(21)34)36-26-22(20)25-31-24(32-33(25)13-30-26)15-7-11-17(29)12-8-15/h1-13,20H. The summed E-state index contributed by atoms with van der Waals surface area (Å²) < 4.78 is 40.6. The lowest BCUT2D eigenvalue weighted by molar-refractivity contribution is 0.422. The molecular weight excluding hydrogens is 466 g/mol. The third-order valence-electron chi connectivity index (χ3n) is 6.27. The van der Waals surface area contributed by atoms with Crippen LogP contribution in [0.4, 0.5) is 8.78 Å². The quantitative estimate of drug-likeness (QED) is 0.306. The normalized spacial score (nSPS) is 14.4. The summed E-state index contributed by atoms with van der Waals surface area (Å²) in [6.07, 6.45) is 1.47. The first-order chi connectivity index (χ1) is 17.6. The van der Waals surface area contributed by atoms with Gasteiger partial charge in [-0.1, -0.05) is 24.3 Å². The number of nitrogens with zero attached hydrogens (tertiary/aromatic N) is 4. The van der Waals surface area contributed by atoms with E-state index >= 15 is 0 Å². The maximum absolute atomic E-state index is 13.8. The van der Waals surface area contributed by atoms with Crippen LogP contribution in [0.3, 0.4) is 0 Å². The van der Waals surface area contributed by atoms with Crippen LogP contribution < -0.4 is 10.4 Å². The molecule has 1 atom stereocenters. The van der Waals surface area contributed by atoms with Crippen LogP contribution in [0.5, 0.6) is 11.6 Å². The molecule has 0 saturated heterocycles. The zero-order valence-electron chi connectivity index (χ0n) is 18.4. The number of ether oxygens (including phenoxy) is 1. The maximum atomic E-state index is 13.8. The van der Waals surface area contributed by atoms with Crippen molar-refractivity contribution in [2.24, 2.45) is 0 Å². The molecular formula is C27H14F2N4O3. The second-order valence-electron chi connectivity index (χ2n) is 8.39. The van der Waals surface area contributed by atoms with Crippen LogP contribution in [-0.4, -0.2) is 19.6 Å². The smallest absolute Gasteiger partial charge is 0.344 e. The third-order valence-corrected chi connectivity index (χ3v) is 6.27. The molecule has 0 N–H and O–H groups in total. The molecule has 1 aliphatic rings. The molecule has 3 aromatic heterocycles. The lowest BCUT2D eigenvalue weighted by Gasteiger charge is -2.27. The van der Waals surface area contributed by atoms with Gasteiger partial charge >= 0.3 is 5.63 Å². The molecule has 36 heavy (non-hydrogen) atoms. The molecule has 6 aromatic rings. The molecule has 0 saturated carbocycles. The number of benzene rings is 3. The molecule has 7 nitrogen and oxygen atoms in total. The van der Waals surface area contributed by atoms with Crippen LogP contribution in [0.1, 0.15) is 22.6 Å². The predicted octanol–water partition coefficient (Wildman–Crippen LogP) is 5.46. The molecule has 0 radical (unpaired) electrons. The number of halogens is 2. The number of hydrogen-bond acceptors (Lipinski definition) is 6. The summed E-state index contributed by atoms with van der Waals surface area (Å²) in [5.41, 5.74) is 2.18. The average molecular weight is 480 g/mol. The Morgan fingerprint density at radius 2 is 1.58 bits per heavy atom. The summed E-state index contributed by atoms with van der Waals surface area (Å²) >= 11 is 0. The first-order valence-electron chi connectivity index (χ1n) is 11.1. The van der Waals surface area contributed by atoms with Crippen molar-refractivity contribution in [1.29, 1.82) is 0 Å². The van der Waals surface area contributed by atoms with Crippen molar-refractivity contribution in [3.05, 3.63) is 118 Å². The largest absolute Gasteiger partial charge is 0.437 e. The van der Waals surface area contributed by atoms with Gasteiger partial charge in [0.1, 0.15) is 23.5 Å². The molecule has 0 spiro atoms. The van der Waals surface area contributed by atoms with E-state index in [1.165, 1.54) is 35.1 Å². The van der Waals surface area contributed by atoms with Crippen LogP contribution in [-0.2, 0) is 0 Å². The lowest BCUT2D eigenvalue weighted by Crippen LogP contribution is -2.22. The summed E-state index contributed by atoms with van der Waals surface area (Å²) in [5, 5.41) is 5.11. The Morgan fingerprint density at radius 3 is 2.36 bits per heavy atom. The molecule has 174 valence electrons. The number of hydrogen-bond donors (Lipinski definition) is 0. The number of fused-ring (bicyclic) bond motifs is 6. The van der Waals surface area contributed by atoms with Crippen LogP contribution in [0.25, 0.3) is 28.0 Å². The lowest BCUT2D eigenvalue weighted by atomic mass is 9.84. The molecule has 1 unspecified atom stereocenters. The number of para-hydroxylation sites is 1. The second kappa shape index (κ2) is 7.54. The third kappa shape index (κ3) is 3.02. The van der Waals surface area contributed by atoms with Gasteiger partial charge in [-0.2, -0.15) is 0 Å². The summed E-state index contributed by atoms with van der Waals surface area (Å²) in [6.45, 7) is 0. The van der Waals surface area contributed by atoms with Gasteiger partial charge in [0.25, 0.3) is 0 Å². The zero-order chi connectivity index (χ0) is 24.4. The van der Waals surface area contributed by atoms with Crippen LogP contribution >= 0.6 is 0 Å². The minimum absolute atomic E-state index is 0.248. The maximum Gasteiger partial charge on any atom is 0.344 e. The Hall–Kier alpha value is -4.92. The van der Waals surface area contributed by atoms with E-state index in [4.69, 9.17) is 9.15 Å². The van der Waals surface area contributed by atoms with Crippen molar-refractivity contribution in [2.75, 3.05) is 0 Å². The zero-order valence-corrected chi connectivity index (χ0v) is 18.4. The van der Waals surface area contributed by atoms with Gasteiger partial charge in [0.15, 0.2) is 17.2 Å². The Balaban J connectivity index is 1.54. The van der Waals surface area contributed by atoms with Crippen LogP contribution in [0, 0.1) is 11.6 Å². The minimum atomic E-state index is -0.716. The van der Waals surface area contributed by atoms with E-state index in [0.29, 0.717) is 44.9 Å². The Labute approximate surface area is 201 Å². The van der Waals surface area contributed by atoms with Gasteiger partial charge < -0.3 is 9.15 Å². The van der Waals surface area contributed by atoms with Crippen molar-refractivity contribution in [3.8, 4) is 23.0 Å². The van der Waals surface area contributed by atoms with Crippen molar-refractivity contribution in [1.82, 2.24) is 19.6 Å². The fraction of sp³-hybridized carbons (Fsp3) is 0.0370. The molecule has 0 fully saturated rings. The van der Waals surface area contributed by atoms with Crippen LogP contribution in [0.15, 0.2) is 88.3 Å². The highest BCUT2D eigenvalue weighted by atomic mass is 19.1. The summed E-state index contributed by atoms with van der Waals surface area (Å²) in [4.78, 5) is 22.5. The number of rotatable bonds is 2. The van der Waals surface area contributed by atoms with Gasteiger partial charge in [-0.3, -0.25) is 0 Å². The molecule has 1 aliphatic heterocycles. The van der Waals surface area contributed by atoms with Crippen molar-refractivity contribution in [3.63, 3.8) is 0 Å². The van der Waals surface area contributed by atoms with Crippen LogP contribution in [0.2, 0.25) is 0 Å². The fourth-order valence-corrected chi connectivity index (χ4v) is 4.64. The summed E-state index contributed by atoms with van der Waals surface area (Å²) in [6, 6.07) is 18.7. The second-order valence-corrected chi connectivity index (χ2v) is 8.39. The predicted molar refractivity (Wildman–Crippen MR) is 126 cm³/mol. The van der Waals surface area contributed by atoms with E-state index < -0.39 is 17.4 Å². The molecule has 9 heteroatoms. The van der Waals surface area contributed by atoms with Crippen molar-refractivity contribution in [2.45, 2.75) is 5.92 Å². The van der Waals surface area contributed by atoms with E-state index in [2.05, 4.69) is 15.1 Å². The molecule has 7 rings (SSSR count). The highest BCUT2D eigenvalue weighted by Gasteiger charge is 2.37. The van der Waals surface area contributed by atoms with Crippen molar-refractivity contribution >= 4 is 16.6 Å². The summed E-state index contributed by atoms with van der Waals surface area (Å²) in [7, 11) is 0. The Morgan fingerprint density at radius 1 is 0.861 bits per heavy atom. The van der Waals surface area contributed by atoms with Gasteiger partial charge in [0.05, 0.1) is 22.4 Å². The highest BCUT2D eigenvalue weighted by Crippen LogP contribution is 2.48.